The Bertz CT molecular complexity index is 1230. The molecule has 1 aliphatic rings. The maximum atomic E-state index is 11.6. The fourth-order valence-electron chi connectivity index (χ4n) is 4.35. The first-order valence-corrected chi connectivity index (χ1v) is 9.13. The third kappa shape index (κ3) is 2.40. The highest BCUT2D eigenvalue weighted by molar-refractivity contribution is 6.07. The van der Waals surface area contributed by atoms with Gasteiger partial charge >= 0.3 is 5.97 Å². The molecule has 132 valence electrons. The molecule has 4 aromatic rings. The Morgan fingerprint density at radius 3 is 2.67 bits per heavy atom. The molecule has 5 rings (SSSR count). The molecule has 1 aliphatic carbocycles. The average molecular weight is 354 g/mol. The molecule has 1 N–H and O–H groups in total. The summed E-state index contributed by atoms with van der Waals surface area (Å²) in [4.78, 5) is 20.9. The number of para-hydroxylation sites is 1. The van der Waals surface area contributed by atoms with E-state index in [4.69, 9.17) is 4.98 Å². The van der Waals surface area contributed by atoms with Crippen molar-refractivity contribution in [2.75, 3.05) is 0 Å². The fourth-order valence-corrected chi connectivity index (χ4v) is 4.35. The number of aromatic nitrogens is 2. The molecule has 4 heteroatoms. The number of nitrogens with zero attached hydrogens (tertiary/aromatic N) is 2. The van der Waals surface area contributed by atoms with Gasteiger partial charge in [0.25, 0.3) is 0 Å². The molecule has 4 nitrogen and oxygen atoms in total. The van der Waals surface area contributed by atoms with Gasteiger partial charge in [0.05, 0.1) is 17.5 Å². The Hall–Kier alpha value is -3.27. The Morgan fingerprint density at radius 1 is 1.07 bits per heavy atom. The molecule has 0 aliphatic heterocycles. The topological polar surface area (TPSA) is 63.1 Å². The quantitative estimate of drug-likeness (QED) is 0.589. The van der Waals surface area contributed by atoms with Crippen LogP contribution in [0.5, 0.6) is 0 Å². The zero-order valence-corrected chi connectivity index (χ0v) is 15.0. The average Bonchev–Trinajstić information content (AvgIpc) is 3.08. The van der Waals surface area contributed by atoms with E-state index >= 15 is 0 Å². The van der Waals surface area contributed by atoms with Gasteiger partial charge in [0, 0.05) is 28.2 Å². The Balaban J connectivity index is 1.94. The molecule has 27 heavy (non-hydrogen) atoms. The minimum Gasteiger partial charge on any atom is -0.481 e. The summed E-state index contributed by atoms with van der Waals surface area (Å²) in [5.41, 5.74) is 7.96. The molecule has 0 bridgehead atoms. The lowest BCUT2D eigenvalue weighted by atomic mass is 9.90. The zero-order valence-electron chi connectivity index (χ0n) is 15.0. The molecule has 0 spiro atoms. The highest BCUT2D eigenvalue weighted by Gasteiger charge is 2.22. The van der Waals surface area contributed by atoms with Gasteiger partial charge in [-0.15, -0.1) is 0 Å². The van der Waals surface area contributed by atoms with Crippen LogP contribution in [-0.4, -0.2) is 21.0 Å². The molecule has 2 heterocycles. The molecule has 0 atom stereocenters. The smallest absolute Gasteiger partial charge is 0.307 e. The number of hydrogen-bond donors (Lipinski definition) is 1. The number of carboxylic acids is 1. The number of rotatable bonds is 3. The normalized spacial score (nSPS) is 12.8. The minimum atomic E-state index is -0.852. The highest BCUT2D eigenvalue weighted by Crippen LogP contribution is 2.40. The number of fused-ring (bicyclic) bond motifs is 1. The highest BCUT2D eigenvalue weighted by atomic mass is 16.4. The van der Waals surface area contributed by atoms with E-state index in [2.05, 4.69) is 23.2 Å². The second-order valence-electron chi connectivity index (χ2n) is 7.10. The number of aryl methyl sites for hydroxylation is 3. The second kappa shape index (κ2) is 5.88. The van der Waals surface area contributed by atoms with Crippen molar-refractivity contribution in [3.8, 4) is 11.1 Å². The van der Waals surface area contributed by atoms with Crippen LogP contribution in [-0.2, 0) is 24.1 Å². The van der Waals surface area contributed by atoms with Crippen molar-refractivity contribution >= 4 is 27.8 Å². The van der Waals surface area contributed by atoms with Crippen LogP contribution in [0.15, 0.2) is 48.7 Å². The Labute approximate surface area is 156 Å². The first-order chi connectivity index (χ1) is 13.1. The van der Waals surface area contributed by atoms with E-state index in [-0.39, 0.29) is 6.42 Å². The van der Waals surface area contributed by atoms with Crippen LogP contribution < -0.4 is 0 Å². The monoisotopic (exact) mass is 354 g/mol. The summed E-state index contributed by atoms with van der Waals surface area (Å²) in [6.45, 7) is 1.89. The largest absolute Gasteiger partial charge is 0.481 e. The summed E-state index contributed by atoms with van der Waals surface area (Å²) in [6.07, 6.45) is 3.89. The number of carboxylic acid groups (broad SMARTS) is 1. The van der Waals surface area contributed by atoms with Crippen molar-refractivity contribution in [1.29, 1.82) is 0 Å². The number of carbonyl (C=O) groups is 1. The third-order valence-electron chi connectivity index (χ3n) is 5.53. The van der Waals surface area contributed by atoms with Gasteiger partial charge < -0.3 is 5.11 Å². The van der Waals surface area contributed by atoms with E-state index in [1.165, 1.54) is 16.5 Å². The lowest BCUT2D eigenvalue weighted by Crippen LogP contribution is -2.07. The van der Waals surface area contributed by atoms with E-state index < -0.39 is 5.97 Å². The number of aliphatic carboxylic acids is 1. The molecule has 0 unspecified atom stereocenters. The molecule has 0 saturated heterocycles. The van der Waals surface area contributed by atoms with Crippen LogP contribution in [0.1, 0.15) is 22.4 Å². The van der Waals surface area contributed by atoms with E-state index in [0.717, 1.165) is 51.6 Å². The molecule has 2 aromatic carbocycles. The second-order valence-corrected chi connectivity index (χ2v) is 7.10. The van der Waals surface area contributed by atoms with Crippen LogP contribution in [0, 0.1) is 6.92 Å². The first-order valence-electron chi connectivity index (χ1n) is 9.13. The molecular formula is C23H18N2O2. The number of benzene rings is 2. The summed E-state index contributed by atoms with van der Waals surface area (Å²) >= 11 is 0. The Kier molecular flexibility index (Phi) is 3.47. The minimum absolute atomic E-state index is 0.0536. The summed E-state index contributed by atoms with van der Waals surface area (Å²) in [7, 11) is 0. The summed E-state index contributed by atoms with van der Waals surface area (Å²) < 4.78 is 0. The van der Waals surface area contributed by atoms with Crippen LogP contribution in [0.4, 0.5) is 0 Å². The zero-order chi connectivity index (χ0) is 18.5. The van der Waals surface area contributed by atoms with Crippen LogP contribution >= 0.6 is 0 Å². The summed E-state index contributed by atoms with van der Waals surface area (Å²) in [5, 5.41) is 11.7. The van der Waals surface area contributed by atoms with Gasteiger partial charge in [0.15, 0.2) is 0 Å². The Morgan fingerprint density at radius 2 is 1.85 bits per heavy atom. The number of pyridine rings is 2. The van der Waals surface area contributed by atoms with Gasteiger partial charge in [-0.1, -0.05) is 30.3 Å². The van der Waals surface area contributed by atoms with E-state index in [9.17, 15) is 9.90 Å². The van der Waals surface area contributed by atoms with E-state index in [1.54, 1.807) is 0 Å². The molecule has 0 saturated carbocycles. The molecule has 0 amide bonds. The third-order valence-corrected chi connectivity index (χ3v) is 5.53. The lowest BCUT2D eigenvalue weighted by molar-refractivity contribution is -0.136. The maximum Gasteiger partial charge on any atom is 0.307 e. The van der Waals surface area contributed by atoms with Gasteiger partial charge in [-0.05, 0) is 54.2 Å². The van der Waals surface area contributed by atoms with Crippen molar-refractivity contribution in [1.82, 2.24) is 9.97 Å². The van der Waals surface area contributed by atoms with Crippen molar-refractivity contribution < 1.29 is 9.90 Å². The molecule has 0 fully saturated rings. The fraction of sp³-hybridized carbons (Fsp3) is 0.174. The van der Waals surface area contributed by atoms with Crippen LogP contribution in [0.3, 0.4) is 0 Å². The van der Waals surface area contributed by atoms with Crippen molar-refractivity contribution in [3.63, 3.8) is 0 Å². The number of hydrogen-bond acceptors (Lipinski definition) is 3. The van der Waals surface area contributed by atoms with Crippen LogP contribution in [0.25, 0.3) is 32.9 Å². The van der Waals surface area contributed by atoms with E-state index in [0.29, 0.717) is 0 Å². The lowest BCUT2D eigenvalue weighted by Gasteiger charge is -2.16. The van der Waals surface area contributed by atoms with Crippen LogP contribution in [0.2, 0.25) is 0 Å². The predicted octanol–water partition coefficient (Wildman–Crippen LogP) is 4.48. The first kappa shape index (κ1) is 15.9. The van der Waals surface area contributed by atoms with Gasteiger partial charge in [-0.2, -0.15) is 0 Å². The molecular weight excluding hydrogens is 336 g/mol. The molecule has 2 aromatic heterocycles. The maximum absolute atomic E-state index is 11.6. The van der Waals surface area contributed by atoms with Crippen molar-refractivity contribution in [2.45, 2.75) is 26.2 Å². The summed E-state index contributed by atoms with van der Waals surface area (Å²) in [6, 6.07) is 14.3. The van der Waals surface area contributed by atoms with Crippen molar-refractivity contribution in [2.24, 2.45) is 0 Å². The SMILES string of the molecule is Cc1nc2ccccc2c(-c2ccc3c4c(ccnc24)CC3)c1CC(=O)O. The van der Waals surface area contributed by atoms with E-state index in [1.807, 2.05) is 37.4 Å². The molecule has 0 radical (unpaired) electrons. The van der Waals surface area contributed by atoms with Gasteiger partial charge in [0.1, 0.15) is 0 Å². The van der Waals surface area contributed by atoms with Gasteiger partial charge in [0.2, 0.25) is 0 Å². The van der Waals surface area contributed by atoms with Gasteiger partial charge in [-0.25, -0.2) is 0 Å². The van der Waals surface area contributed by atoms with Gasteiger partial charge in [-0.3, -0.25) is 14.8 Å². The van der Waals surface area contributed by atoms with Crippen molar-refractivity contribution in [3.05, 3.63) is 71.0 Å². The standard InChI is InChI=1S/C23H18N2O2/c1-13-18(12-20(26)27)22(16-4-2-3-5-19(16)25-13)17-9-8-14-6-7-15-10-11-24-23(17)21(14)15/h2-5,8-11H,6-7,12H2,1H3,(H,26,27). The predicted molar refractivity (Wildman–Crippen MR) is 106 cm³/mol. The summed E-state index contributed by atoms with van der Waals surface area (Å²) in [5.74, 6) is -0.852.